The van der Waals surface area contributed by atoms with Crippen molar-refractivity contribution in [2.45, 2.75) is 10.1 Å². The molecule has 0 bridgehead atoms. The van der Waals surface area contributed by atoms with Crippen molar-refractivity contribution in [2.24, 2.45) is 0 Å². The van der Waals surface area contributed by atoms with Crippen LogP contribution < -0.4 is 0 Å². The summed E-state index contributed by atoms with van der Waals surface area (Å²) in [6.07, 6.45) is 3.39. The number of aromatic nitrogens is 2. The van der Waals surface area contributed by atoms with E-state index in [-0.39, 0.29) is 0 Å². The number of benzene rings is 1. The van der Waals surface area contributed by atoms with Crippen LogP contribution in [-0.4, -0.2) is 9.97 Å². The van der Waals surface area contributed by atoms with Crippen molar-refractivity contribution < 1.29 is 0 Å². The average Bonchev–Trinajstić information content (AvgIpc) is 2.29. The summed E-state index contributed by atoms with van der Waals surface area (Å²) in [7, 11) is 0. The summed E-state index contributed by atoms with van der Waals surface area (Å²) >= 11 is 4.79. The SMILES string of the molecule is N#Cc1cc(Br)cc(Sc2ncccn2)c1. The lowest BCUT2D eigenvalue weighted by Crippen LogP contribution is -1.84. The lowest BCUT2D eigenvalue weighted by Gasteiger charge is -2.01. The van der Waals surface area contributed by atoms with Crippen molar-refractivity contribution in [1.82, 2.24) is 9.97 Å². The molecule has 3 nitrogen and oxygen atoms in total. The quantitative estimate of drug-likeness (QED) is 0.797. The Kier molecular flexibility index (Phi) is 3.54. The number of hydrogen-bond donors (Lipinski definition) is 0. The molecule has 0 amide bonds. The normalized spacial score (nSPS) is 9.75. The van der Waals surface area contributed by atoms with E-state index in [0.29, 0.717) is 10.7 Å². The summed E-state index contributed by atoms with van der Waals surface area (Å²) in [5.74, 6) is 0. The Morgan fingerprint density at radius 1 is 1.19 bits per heavy atom. The first-order chi connectivity index (χ1) is 7.78. The molecule has 0 aliphatic carbocycles. The molecule has 0 saturated heterocycles. The fraction of sp³-hybridized carbons (Fsp3) is 0. The number of halogens is 1. The van der Waals surface area contributed by atoms with E-state index in [4.69, 9.17) is 5.26 Å². The van der Waals surface area contributed by atoms with E-state index in [2.05, 4.69) is 32.0 Å². The highest BCUT2D eigenvalue weighted by molar-refractivity contribution is 9.10. The van der Waals surface area contributed by atoms with E-state index in [1.165, 1.54) is 11.8 Å². The van der Waals surface area contributed by atoms with E-state index in [1.54, 1.807) is 24.5 Å². The maximum atomic E-state index is 8.84. The van der Waals surface area contributed by atoms with Crippen molar-refractivity contribution in [1.29, 1.82) is 5.26 Å². The molecule has 16 heavy (non-hydrogen) atoms. The summed E-state index contributed by atoms with van der Waals surface area (Å²) in [4.78, 5) is 9.17. The minimum Gasteiger partial charge on any atom is -0.231 e. The summed E-state index contributed by atoms with van der Waals surface area (Å²) in [6.45, 7) is 0. The predicted molar refractivity (Wildman–Crippen MR) is 65.0 cm³/mol. The molecule has 0 aliphatic rings. The molecule has 0 N–H and O–H groups in total. The molecule has 0 aliphatic heterocycles. The zero-order valence-corrected chi connectivity index (χ0v) is 10.5. The predicted octanol–water partition coefficient (Wildman–Crippen LogP) is 3.26. The molecule has 1 aromatic heterocycles. The van der Waals surface area contributed by atoms with E-state index >= 15 is 0 Å². The minimum absolute atomic E-state index is 0.618. The van der Waals surface area contributed by atoms with Gasteiger partial charge in [-0.25, -0.2) is 9.97 Å². The van der Waals surface area contributed by atoms with Crippen molar-refractivity contribution in [3.8, 4) is 6.07 Å². The van der Waals surface area contributed by atoms with Crippen LogP contribution in [0.25, 0.3) is 0 Å². The molecule has 2 aromatic rings. The van der Waals surface area contributed by atoms with Crippen molar-refractivity contribution in [3.05, 3.63) is 46.7 Å². The van der Waals surface area contributed by atoms with Gasteiger partial charge in [-0.1, -0.05) is 15.9 Å². The lowest BCUT2D eigenvalue weighted by atomic mass is 10.2. The van der Waals surface area contributed by atoms with Gasteiger partial charge in [-0.05, 0) is 36.0 Å². The van der Waals surface area contributed by atoms with Gasteiger partial charge in [-0.3, -0.25) is 0 Å². The molecule has 5 heteroatoms. The molecule has 0 fully saturated rings. The Bertz CT molecular complexity index is 537. The first kappa shape index (κ1) is 11.1. The van der Waals surface area contributed by atoms with Crippen LogP contribution in [-0.2, 0) is 0 Å². The fourth-order valence-electron chi connectivity index (χ4n) is 1.13. The summed E-state index contributed by atoms with van der Waals surface area (Å²) in [6, 6.07) is 9.40. The van der Waals surface area contributed by atoms with E-state index in [1.807, 2.05) is 12.1 Å². The highest BCUT2D eigenvalue weighted by Gasteiger charge is 2.02. The molecular formula is C11H6BrN3S. The van der Waals surface area contributed by atoms with Crippen molar-refractivity contribution in [3.63, 3.8) is 0 Å². The van der Waals surface area contributed by atoms with Gasteiger partial charge in [0.05, 0.1) is 11.6 Å². The second-order valence-electron chi connectivity index (χ2n) is 2.92. The Morgan fingerprint density at radius 3 is 2.62 bits per heavy atom. The van der Waals surface area contributed by atoms with Gasteiger partial charge in [0.2, 0.25) is 0 Å². The smallest absolute Gasteiger partial charge is 0.192 e. The van der Waals surface area contributed by atoms with Crippen molar-refractivity contribution in [2.75, 3.05) is 0 Å². The van der Waals surface area contributed by atoms with Crippen LogP contribution in [0.5, 0.6) is 0 Å². The first-order valence-corrected chi connectivity index (χ1v) is 6.04. The van der Waals surface area contributed by atoms with Crippen LogP contribution in [0, 0.1) is 11.3 Å². The standard InChI is InChI=1S/C11H6BrN3S/c12-9-4-8(7-13)5-10(6-9)16-11-14-2-1-3-15-11/h1-6H. The Labute approximate surface area is 106 Å². The average molecular weight is 292 g/mol. The third kappa shape index (κ3) is 2.81. The number of nitrogens with zero attached hydrogens (tertiary/aromatic N) is 3. The van der Waals surface area contributed by atoms with Crippen LogP contribution in [0.2, 0.25) is 0 Å². The third-order valence-electron chi connectivity index (χ3n) is 1.75. The van der Waals surface area contributed by atoms with Crippen LogP contribution in [0.1, 0.15) is 5.56 Å². The topological polar surface area (TPSA) is 49.6 Å². The highest BCUT2D eigenvalue weighted by Crippen LogP contribution is 2.27. The van der Waals surface area contributed by atoms with Crippen LogP contribution >= 0.6 is 27.7 Å². The Hall–Kier alpha value is -1.38. The molecule has 0 saturated carbocycles. The first-order valence-electron chi connectivity index (χ1n) is 4.43. The van der Waals surface area contributed by atoms with Crippen molar-refractivity contribution >= 4 is 27.7 Å². The summed E-state index contributed by atoms with van der Waals surface area (Å²) < 4.78 is 0.880. The second-order valence-corrected chi connectivity index (χ2v) is 4.88. The van der Waals surface area contributed by atoms with Gasteiger partial charge in [0.15, 0.2) is 5.16 Å². The maximum Gasteiger partial charge on any atom is 0.192 e. The molecule has 0 spiro atoms. The van der Waals surface area contributed by atoms with Crippen LogP contribution in [0.15, 0.2) is 51.2 Å². The van der Waals surface area contributed by atoms with Gasteiger partial charge in [-0.2, -0.15) is 5.26 Å². The van der Waals surface area contributed by atoms with Gasteiger partial charge in [0.1, 0.15) is 0 Å². The number of nitriles is 1. The van der Waals surface area contributed by atoms with Gasteiger partial charge in [0, 0.05) is 21.8 Å². The lowest BCUT2D eigenvalue weighted by molar-refractivity contribution is 0.967. The molecule has 2 rings (SSSR count). The molecule has 78 valence electrons. The van der Waals surface area contributed by atoms with Gasteiger partial charge >= 0.3 is 0 Å². The summed E-state index contributed by atoms with van der Waals surface area (Å²) in [5, 5.41) is 9.51. The Morgan fingerprint density at radius 2 is 1.94 bits per heavy atom. The van der Waals surface area contributed by atoms with Crippen LogP contribution in [0.4, 0.5) is 0 Å². The van der Waals surface area contributed by atoms with Crippen LogP contribution in [0.3, 0.4) is 0 Å². The second kappa shape index (κ2) is 5.10. The molecule has 1 heterocycles. The monoisotopic (exact) mass is 291 g/mol. The molecule has 0 radical (unpaired) electrons. The zero-order valence-electron chi connectivity index (χ0n) is 8.09. The minimum atomic E-state index is 0.618. The third-order valence-corrected chi connectivity index (χ3v) is 3.07. The number of rotatable bonds is 2. The van der Waals surface area contributed by atoms with Gasteiger partial charge in [0.25, 0.3) is 0 Å². The maximum absolute atomic E-state index is 8.84. The Balaban J connectivity index is 2.29. The van der Waals surface area contributed by atoms with Gasteiger partial charge < -0.3 is 0 Å². The highest BCUT2D eigenvalue weighted by atomic mass is 79.9. The molecular weight excluding hydrogens is 286 g/mol. The molecule has 1 aromatic carbocycles. The zero-order chi connectivity index (χ0) is 11.4. The van der Waals surface area contributed by atoms with E-state index in [0.717, 1.165) is 9.37 Å². The molecule has 0 unspecified atom stereocenters. The number of hydrogen-bond acceptors (Lipinski definition) is 4. The molecule has 0 atom stereocenters. The largest absolute Gasteiger partial charge is 0.231 e. The summed E-state index contributed by atoms with van der Waals surface area (Å²) in [5.41, 5.74) is 0.618. The van der Waals surface area contributed by atoms with Gasteiger partial charge in [-0.15, -0.1) is 0 Å². The fourth-order valence-corrected chi connectivity index (χ4v) is 2.58. The van der Waals surface area contributed by atoms with E-state index in [9.17, 15) is 0 Å². The van der Waals surface area contributed by atoms with E-state index < -0.39 is 0 Å².